The van der Waals surface area contributed by atoms with Crippen LogP contribution in [0.3, 0.4) is 0 Å². The van der Waals surface area contributed by atoms with Crippen molar-refractivity contribution in [2.24, 2.45) is 11.8 Å². The predicted octanol–water partition coefficient (Wildman–Crippen LogP) is 6.35. The van der Waals surface area contributed by atoms with Crippen molar-refractivity contribution in [3.8, 4) is 11.4 Å². The molecule has 2 aromatic carbocycles. The first kappa shape index (κ1) is 34.5. The molecule has 0 bridgehead atoms. The highest BCUT2D eigenvalue weighted by atomic mass is 79.9. The molecule has 4 rings (SSSR count). The number of nitrogens with zero attached hydrogens (tertiary/aromatic N) is 2. The van der Waals surface area contributed by atoms with Crippen molar-refractivity contribution < 1.29 is 28.2 Å². The fourth-order valence-corrected chi connectivity index (χ4v) is 5.42. The molecule has 1 aliphatic rings. The number of aromatic amines is 1. The number of carbonyl (C=O) groups is 2. The summed E-state index contributed by atoms with van der Waals surface area (Å²) in [5.74, 6) is -0.467. The topological polar surface area (TPSA) is 141 Å². The van der Waals surface area contributed by atoms with Gasteiger partial charge >= 0.3 is 6.09 Å². The van der Waals surface area contributed by atoms with E-state index in [0.717, 1.165) is 42.1 Å². The largest absolute Gasteiger partial charge is 0.444 e. The summed E-state index contributed by atoms with van der Waals surface area (Å²) in [6, 6.07) is 13.5. The molecule has 13 heteroatoms. The molecule has 0 spiro atoms. The maximum atomic E-state index is 13.5. The van der Waals surface area contributed by atoms with Crippen LogP contribution >= 0.6 is 15.9 Å². The van der Waals surface area contributed by atoms with Gasteiger partial charge in [0.2, 0.25) is 5.91 Å². The molecule has 5 N–H and O–H groups in total. The maximum absolute atomic E-state index is 13.5. The number of ether oxygens (including phenoxy) is 1. The van der Waals surface area contributed by atoms with Gasteiger partial charge in [-0.15, -0.1) is 0 Å². The molecular weight excluding hydrogens is 650 g/mol. The number of hydrogen-bond acceptors (Lipinski definition) is 7. The van der Waals surface area contributed by atoms with Crippen LogP contribution in [0.5, 0.6) is 0 Å². The molecule has 45 heavy (non-hydrogen) atoms. The van der Waals surface area contributed by atoms with Crippen molar-refractivity contribution in [3.05, 3.63) is 64.4 Å². The van der Waals surface area contributed by atoms with E-state index >= 15 is 0 Å². The zero-order valence-corrected chi connectivity index (χ0v) is 27.2. The third-order valence-corrected chi connectivity index (χ3v) is 8.78. The van der Waals surface area contributed by atoms with Crippen LogP contribution in [0.25, 0.3) is 11.4 Å². The van der Waals surface area contributed by atoms with E-state index in [-0.39, 0.29) is 23.6 Å². The Morgan fingerprint density at radius 2 is 1.76 bits per heavy atom. The van der Waals surface area contributed by atoms with E-state index in [1.165, 1.54) is 0 Å². The third kappa shape index (κ3) is 10.3. The maximum Gasteiger partial charge on any atom is 0.407 e. The number of amides is 2. The van der Waals surface area contributed by atoms with Gasteiger partial charge in [0.15, 0.2) is 11.6 Å². The molecule has 2 unspecified atom stereocenters. The zero-order valence-electron chi connectivity index (χ0n) is 25.7. The standard InChI is InChI=1S/C32H41BrF2N6O4/c1-4-32(2,3)45-31(44)36-18-20-5-9-22(10-6-20)29(42)38-25(17-19-7-13-23(33)14-8-19)30(43)37-24-15-11-21(12-16-24)27-39-28(26(34)35)41-40-27/h7-8,11-16,20,22,25-26,29,38,42H,4-6,9-10,17-18H2,1-3H3,(H,36,44)(H,37,43)(H,39,40,41). The lowest BCUT2D eigenvalue weighted by atomic mass is 9.81. The van der Waals surface area contributed by atoms with E-state index in [9.17, 15) is 23.5 Å². The number of alkyl carbamates (subject to hydrolysis) is 1. The summed E-state index contributed by atoms with van der Waals surface area (Å²) < 4.78 is 32.1. The Labute approximate surface area is 270 Å². The average Bonchev–Trinajstić information content (AvgIpc) is 3.52. The number of H-pyrrole nitrogens is 1. The van der Waals surface area contributed by atoms with Crippen LogP contribution in [0, 0.1) is 11.8 Å². The summed E-state index contributed by atoms with van der Waals surface area (Å²) >= 11 is 3.43. The number of alkyl halides is 2. The Bertz CT molecular complexity index is 1400. The molecule has 244 valence electrons. The fourth-order valence-electron chi connectivity index (χ4n) is 5.15. The normalized spacial score (nSPS) is 18.3. The number of rotatable bonds is 13. The minimum atomic E-state index is -2.75. The summed E-state index contributed by atoms with van der Waals surface area (Å²) in [6.07, 6.45) is 0.157. The SMILES string of the molecule is CCC(C)(C)OC(=O)NCC1CCC(C(O)NC(Cc2ccc(Br)cc2)C(=O)Nc2ccc(-c3n[nH]c(C(F)F)n3)cc2)CC1. The number of aromatic nitrogens is 3. The first-order chi connectivity index (χ1) is 21.4. The average molecular weight is 692 g/mol. The highest BCUT2D eigenvalue weighted by Gasteiger charge is 2.31. The van der Waals surface area contributed by atoms with E-state index in [2.05, 4.69) is 47.1 Å². The van der Waals surface area contributed by atoms with Gasteiger partial charge in [0.05, 0.1) is 6.04 Å². The monoisotopic (exact) mass is 690 g/mol. The second-order valence-electron chi connectivity index (χ2n) is 12.1. The van der Waals surface area contributed by atoms with Gasteiger partial charge in [0.25, 0.3) is 6.43 Å². The van der Waals surface area contributed by atoms with Crippen LogP contribution in [0.1, 0.15) is 70.7 Å². The van der Waals surface area contributed by atoms with Gasteiger partial charge in [-0.3, -0.25) is 15.2 Å². The quantitative estimate of drug-likeness (QED) is 0.132. The van der Waals surface area contributed by atoms with Crippen molar-refractivity contribution in [2.75, 3.05) is 11.9 Å². The molecule has 1 aromatic heterocycles. The Hall–Kier alpha value is -3.42. The van der Waals surface area contributed by atoms with Gasteiger partial charge in [-0.25, -0.2) is 18.6 Å². The summed E-state index contributed by atoms with van der Waals surface area (Å²) in [6.45, 7) is 6.24. The van der Waals surface area contributed by atoms with Crippen LogP contribution < -0.4 is 16.0 Å². The molecule has 10 nitrogen and oxygen atoms in total. The molecule has 1 heterocycles. The van der Waals surface area contributed by atoms with Gasteiger partial charge < -0.3 is 20.5 Å². The van der Waals surface area contributed by atoms with E-state index in [1.807, 2.05) is 45.0 Å². The molecule has 0 saturated heterocycles. The number of anilines is 1. The Morgan fingerprint density at radius 1 is 1.09 bits per heavy atom. The molecule has 1 aliphatic carbocycles. The Balaban J connectivity index is 1.34. The number of hydrogen-bond donors (Lipinski definition) is 5. The first-order valence-electron chi connectivity index (χ1n) is 15.2. The number of nitrogens with one attached hydrogen (secondary N) is 4. The Kier molecular flexibility index (Phi) is 12.0. The van der Waals surface area contributed by atoms with Crippen molar-refractivity contribution >= 4 is 33.6 Å². The van der Waals surface area contributed by atoms with Crippen LogP contribution in [0.4, 0.5) is 19.3 Å². The summed E-state index contributed by atoms with van der Waals surface area (Å²) in [5.41, 5.74) is 1.42. The second kappa shape index (κ2) is 15.7. The highest BCUT2D eigenvalue weighted by Crippen LogP contribution is 2.30. The van der Waals surface area contributed by atoms with Crippen molar-refractivity contribution in [1.29, 1.82) is 0 Å². The van der Waals surface area contributed by atoms with Crippen LogP contribution in [-0.4, -0.2) is 56.7 Å². The molecule has 3 aromatic rings. The van der Waals surface area contributed by atoms with E-state index in [1.54, 1.807) is 24.3 Å². The third-order valence-electron chi connectivity index (χ3n) is 8.26. The number of carbonyl (C=O) groups excluding carboxylic acids is 2. The minimum absolute atomic E-state index is 0.0498. The van der Waals surface area contributed by atoms with Crippen LogP contribution in [0.15, 0.2) is 53.0 Å². The molecule has 1 fully saturated rings. The Morgan fingerprint density at radius 3 is 2.36 bits per heavy atom. The highest BCUT2D eigenvalue weighted by molar-refractivity contribution is 9.10. The molecule has 0 radical (unpaired) electrons. The summed E-state index contributed by atoms with van der Waals surface area (Å²) in [7, 11) is 0. The zero-order chi connectivity index (χ0) is 32.6. The predicted molar refractivity (Wildman–Crippen MR) is 170 cm³/mol. The number of benzene rings is 2. The molecule has 2 atom stereocenters. The summed E-state index contributed by atoms with van der Waals surface area (Å²) in [5, 5.41) is 26.2. The summed E-state index contributed by atoms with van der Waals surface area (Å²) in [4.78, 5) is 29.5. The molecule has 1 saturated carbocycles. The molecular formula is C32H41BrF2N6O4. The fraction of sp³-hybridized carbons (Fsp3) is 0.500. The smallest absolute Gasteiger partial charge is 0.407 e. The van der Waals surface area contributed by atoms with Crippen molar-refractivity contribution in [3.63, 3.8) is 0 Å². The number of aliphatic hydroxyl groups excluding tert-OH is 1. The van der Waals surface area contributed by atoms with Crippen LogP contribution in [-0.2, 0) is 16.0 Å². The van der Waals surface area contributed by atoms with Gasteiger partial charge in [-0.1, -0.05) is 35.0 Å². The van der Waals surface area contributed by atoms with Crippen molar-refractivity contribution in [2.45, 2.75) is 83.6 Å². The minimum Gasteiger partial charge on any atom is -0.444 e. The van der Waals surface area contributed by atoms with Gasteiger partial charge in [-0.05, 0) is 106 Å². The molecule has 2 amide bonds. The van der Waals surface area contributed by atoms with Gasteiger partial charge in [0, 0.05) is 22.3 Å². The van der Waals surface area contributed by atoms with Crippen LogP contribution in [0.2, 0.25) is 0 Å². The van der Waals surface area contributed by atoms with E-state index in [0.29, 0.717) is 24.2 Å². The lowest BCUT2D eigenvalue weighted by Gasteiger charge is -2.33. The van der Waals surface area contributed by atoms with E-state index in [4.69, 9.17) is 4.74 Å². The van der Waals surface area contributed by atoms with Gasteiger partial charge in [-0.2, -0.15) is 5.10 Å². The number of aliphatic hydroxyl groups is 1. The number of halogens is 3. The van der Waals surface area contributed by atoms with Crippen molar-refractivity contribution in [1.82, 2.24) is 25.8 Å². The molecule has 0 aliphatic heterocycles. The second-order valence-corrected chi connectivity index (χ2v) is 13.0. The van der Waals surface area contributed by atoms with E-state index < -0.39 is 36.2 Å². The lowest BCUT2D eigenvalue weighted by Crippen LogP contribution is -2.50. The van der Waals surface area contributed by atoms with Gasteiger partial charge in [0.1, 0.15) is 11.8 Å². The lowest BCUT2D eigenvalue weighted by molar-refractivity contribution is -0.119. The first-order valence-corrected chi connectivity index (χ1v) is 16.0.